The molecule has 4 rings (SSSR count). The fraction of sp³-hybridized carbons (Fsp3) is 0.280. The largest absolute Gasteiger partial charge is 0.356 e. The molecule has 0 aliphatic carbocycles. The van der Waals surface area contributed by atoms with Gasteiger partial charge < -0.3 is 15.6 Å². The van der Waals surface area contributed by atoms with Crippen LogP contribution in [-0.4, -0.2) is 46.8 Å². The number of fused-ring (bicyclic) bond motifs is 1. The molecule has 1 fully saturated rings. The van der Waals surface area contributed by atoms with E-state index in [0.717, 1.165) is 22.3 Å². The third kappa shape index (κ3) is 5.95. The lowest BCUT2D eigenvalue weighted by Gasteiger charge is -2.27. The van der Waals surface area contributed by atoms with Crippen LogP contribution < -0.4 is 16.1 Å². The molecule has 180 valence electrons. The average molecular weight is 477 g/mol. The quantitative estimate of drug-likeness (QED) is 0.224. The first-order chi connectivity index (χ1) is 16.9. The number of halogens is 1. The number of carbonyl (C=O) groups is 3. The summed E-state index contributed by atoms with van der Waals surface area (Å²) in [5.74, 6) is -2.14. The van der Waals surface area contributed by atoms with Crippen LogP contribution >= 0.6 is 0 Å². The van der Waals surface area contributed by atoms with Crippen molar-refractivity contribution < 1.29 is 18.8 Å². The minimum Gasteiger partial charge on any atom is -0.356 e. The first-order valence-electron chi connectivity index (χ1n) is 11.3. The fourth-order valence-electron chi connectivity index (χ4n) is 4.05. The van der Waals surface area contributed by atoms with Crippen molar-refractivity contribution in [3.8, 4) is 6.19 Å². The molecule has 4 N–H and O–H groups in total. The van der Waals surface area contributed by atoms with Crippen molar-refractivity contribution in [2.75, 3.05) is 13.1 Å². The van der Waals surface area contributed by atoms with Crippen molar-refractivity contribution in [1.29, 1.82) is 5.26 Å². The summed E-state index contributed by atoms with van der Waals surface area (Å²) in [5.41, 5.74) is 4.18. The van der Waals surface area contributed by atoms with Gasteiger partial charge in [-0.1, -0.05) is 30.3 Å². The Bertz CT molecular complexity index is 1230. The van der Waals surface area contributed by atoms with Crippen LogP contribution in [0.25, 0.3) is 10.9 Å². The number of aromatic nitrogens is 1. The minimum atomic E-state index is -1.06. The zero-order valence-corrected chi connectivity index (χ0v) is 18.9. The molecular weight excluding hydrogens is 451 g/mol. The van der Waals surface area contributed by atoms with E-state index in [9.17, 15) is 24.0 Å². The predicted molar refractivity (Wildman–Crippen MR) is 126 cm³/mol. The van der Waals surface area contributed by atoms with Crippen LogP contribution in [0.4, 0.5) is 4.39 Å². The number of hydrogen-bond acceptors (Lipinski definition) is 5. The van der Waals surface area contributed by atoms with E-state index in [1.807, 2.05) is 30.5 Å². The Hall–Kier alpha value is -4.39. The summed E-state index contributed by atoms with van der Waals surface area (Å²) in [5, 5.41) is 16.8. The van der Waals surface area contributed by atoms with Crippen molar-refractivity contribution in [2.45, 2.75) is 25.3 Å². The number of rotatable bonds is 8. The van der Waals surface area contributed by atoms with Gasteiger partial charge in [-0.05, 0) is 42.7 Å². The summed E-state index contributed by atoms with van der Waals surface area (Å²) in [6.07, 6.45) is 3.35. The summed E-state index contributed by atoms with van der Waals surface area (Å²) in [6.45, 7) is 0.612. The summed E-state index contributed by atoms with van der Waals surface area (Å²) >= 11 is 0. The third-order valence-corrected chi connectivity index (χ3v) is 5.92. The van der Waals surface area contributed by atoms with Gasteiger partial charge in [0.1, 0.15) is 17.6 Å². The van der Waals surface area contributed by atoms with Gasteiger partial charge >= 0.3 is 0 Å². The summed E-state index contributed by atoms with van der Waals surface area (Å²) in [6, 6.07) is 13.6. The van der Waals surface area contributed by atoms with Crippen molar-refractivity contribution in [3.63, 3.8) is 0 Å². The molecule has 1 aromatic heterocycles. The monoisotopic (exact) mass is 476 g/mol. The van der Waals surface area contributed by atoms with Crippen LogP contribution in [0.3, 0.4) is 0 Å². The Morgan fingerprint density at radius 1 is 1.20 bits per heavy atom. The molecule has 35 heavy (non-hydrogen) atoms. The molecule has 1 aliphatic heterocycles. The van der Waals surface area contributed by atoms with Gasteiger partial charge in [-0.3, -0.25) is 19.8 Å². The predicted octanol–water partition coefficient (Wildman–Crippen LogP) is 1.99. The first kappa shape index (κ1) is 23.8. The minimum absolute atomic E-state index is 0.0211. The van der Waals surface area contributed by atoms with E-state index in [2.05, 4.69) is 21.0 Å². The van der Waals surface area contributed by atoms with E-state index < -0.39 is 29.6 Å². The van der Waals surface area contributed by atoms with Gasteiger partial charge in [0.25, 0.3) is 11.8 Å². The molecule has 1 aliphatic rings. The molecule has 3 aromatic rings. The fourth-order valence-corrected chi connectivity index (χ4v) is 4.05. The maximum Gasteiger partial charge on any atom is 0.268 e. The van der Waals surface area contributed by atoms with E-state index in [1.54, 1.807) is 6.07 Å². The molecule has 9 nitrogen and oxygen atoms in total. The van der Waals surface area contributed by atoms with Crippen molar-refractivity contribution in [3.05, 3.63) is 71.7 Å². The van der Waals surface area contributed by atoms with Crippen LogP contribution in [-0.2, 0) is 16.0 Å². The molecule has 0 radical (unpaired) electrons. The van der Waals surface area contributed by atoms with Gasteiger partial charge in [-0.2, -0.15) is 5.26 Å². The number of hydrogen-bond donors (Lipinski definition) is 4. The molecule has 3 amide bonds. The van der Waals surface area contributed by atoms with Gasteiger partial charge in [0.05, 0.1) is 12.5 Å². The maximum absolute atomic E-state index is 13.4. The number of amides is 3. The lowest BCUT2D eigenvalue weighted by molar-refractivity contribution is -0.130. The zero-order valence-electron chi connectivity index (χ0n) is 18.9. The highest BCUT2D eigenvalue weighted by molar-refractivity contribution is 6.00. The Balaban J connectivity index is 1.50. The summed E-state index contributed by atoms with van der Waals surface area (Å²) < 4.78 is 13.4. The lowest BCUT2D eigenvalue weighted by Crippen LogP contribution is -2.54. The Morgan fingerprint density at radius 3 is 2.69 bits per heavy atom. The van der Waals surface area contributed by atoms with Gasteiger partial charge in [0.2, 0.25) is 5.91 Å². The molecule has 0 saturated carbocycles. The third-order valence-electron chi connectivity index (χ3n) is 5.92. The number of hydrazine groups is 1. The first-order valence-corrected chi connectivity index (χ1v) is 11.3. The van der Waals surface area contributed by atoms with Crippen LogP contribution in [0.1, 0.15) is 28.9 Å². The summed E-state index contributed by atoms with van der Waals surface area (Å²) in [7, 11) is 0. The Labute approximate surface area is 201 Å². The molecule has 2 atom stereocenters. The van der Waals surface area contributed by atoms with E-state index in [4.69, 9.17) is 0 Å². The van der Waals surface area contributed by atoms with Crippen LogP contribution in [0, 0.1) is 23.2 Å². The lowest BCUT2D eigenvalue weighted by atomic mass is 9.98. The highest BCUT2D eigenvalue weighted by Crippen LogP contribution is 2.16. The molecule has 0 spiro atoms. The molecule has 2 heterocycles. The van der Waals surface area contributed by atoms with E-state index in [0.29, 0.717) is 18.5 Å². The number of para-hydroxylation sites is 1. The van der Waals surface area contributed by atoms with Crippen LogP contribution in [0.15, 0.2) is 54.6 Å². The molecular formula is C25H25FN6O3. The van der Waals surface area contributed by atoms with Crippen molar-refractivity contribution in [2.24, 2.45) is 5.92 Å². The number of H-pyrrole nitrogens is 1. The van der Waals surface area contributed by atoms with Crippen LogP contribution in [0.2, 0.25) is 0 Å². The highest BCUT2D eigenvalue weighted by atomic mass is 19.1. The SMILES string of the molecule is N#CN(CC1CCCNC1=O)NC(=O)[C@H](Cc1ccc(F)cc1)NC(=O)c1cc2ccccc2[nH]1. The topological polar surface area (TPSA) is 130 Å². The molecule has 1 unspecified atom stereocenters. The number of nitriles is 1. The number of benzene rings is 2. The van der Waals surface area contributed by atoms with Gasteiger partial charge in [-0.15, -0.1) is 0 Å². The standard InChI is InChI=1S/C25H25FN6O3/c26-19-9-7-16(8-10-19)12-21(30-24(34)22-13-17-4-1-2-6-20(17)29-22)25(35)31-32(15-27)14-18-5-3-11-28-23(18)33/h1-2,4,6-10,13,18,21,29H,3,5,11-12,14H2,(H,28,33)(H,30,34)(H,31,35)/t18?,21-/m0/s1. The Kier molecular flexibility index (Phi) is 7.26. The Morgan fingerprint density at radius 2 is 1.97 bits per heavy atom. The highest BCUT2D eigenvalue weighted by Gasteiger charge is 2.28. The van der Waals surface area contributed by atoms with E-state index in [1.165, 1.54) is 24.3 Å². The van der Waals surface area contributed by atoms with E-state index in [-0.39, 0.29) is 24.6 Å². The second-order valence-corrected chi connectivity index (χ2v) is 8.44. The molecule has 10 heteroatoms. The number of nitrogens with one attached hydrogen (secondary N) is 4. The van der Waals surface area contributed by atoms with E-state index >= 15 is 0 Å². The average Bonchev–Trinajstić information content (AvgIpc) is 3.30. The molecule has 1 saturated heterocycles. The number of aromatic amines is 1. The maximum atomic E-state index is 13.4. The van der Waals surface area contributed by atoms with Gasteiger partial charge in [-0.25, -0.2) is 9.40 Å². The number of piperidine rings is 1. The second kappa shape index (κ2) is 10.7. The number of nitrogens with zero attached hydrogens (tertiary/aromatic N) is 2. The van der Waals surface area contributed by atoms with Crippen molar-refractivity contribution in [1.82, 2.24) is 26.1 Å². The van der Waals surface area contributed by atoms with Gasteiger partial charge in [0, 0.05) is 23.9 Å². The van der Waals surface area contributed by atoms with Crippen LogP contribution in [0.5, 0.6) is 0 Å². The number of carbonyl (C=O) groups excluding carboxylic acids is 3. The molecule has 2 aromatic carbocycles. The zero-order chi connectivity index (χ0) is 24.8. The van der Waals surface area contributed by atoms with Crippen molar-refractivity contribution >= 4 is 28.6 Å². The summed E-state index contributed by atoms with van der Waals surface area (Å²) in [4.78, 5) is 41.2. The second-order valence-electron chi connectivity index (χ2n) is 8.44. The molecule has 0 bridgehead atoms. The smallest absolute Gasteiger partial charge is 0.268 e. The van der Waals surface area contributed by atoms with Gasteiger partial charge in [0.15, 0.2) is 6.19 Å². The normalized spacial score (nSPS) is 16.1.